The van der Waals surface area contributed by atoms with Crippen molar-refractivity contribution in [3.05, 3.63) is 65.0 Å². The molecule has 19 heavy (non-hydrogen) atoms. The van der Waals surface area contributed by atoms with E-state index in [0.29, 0.717) is 17.9 Å². The highest BCUT2D eigenvalue weighted by Crippen LogP contribution is 2.21. The summed E-state index contributed by atoms with van der Waals surface area (Å²) in [5.41, 5.74) is 2.19. The highest BCUT2D eigenvalue weighted by atomic mass is 19.1. The van der Waals surface area contributed by atoms with Gasteiger partial charge in [-0.1, -0.05) is 24.3 Å². The van der Waals surface area contributed by atoms with Gasteiger partial charge in [0.05, 0.1) is 13.2 Å². The van der Waals surface area contributed by atoms with E-state index in [0.717, 1.165) is 11.1 Å². The van der Waals surface area contributed by atoms with Gasteiger partial charge in [0, 0.05) is 5.56 Å². The van der Waals surface area contributed by atoms with Crippen molar-refractivity contribution < 1.29 is 19.3 Å². The van der Waals surface area contributed by atoms with Crippen LogP contribution in [0, 0.1) is 5.82 Å². The Morgan fingerprint density at radius 2 is 1.58 bits per heavy atom. The molecule has 0 aliphatic rings. The van der Waals surface area contributed by atoms with E-state index in [-0.39, 0.29) is 13.2 Å². The molecule has 0 heterocycles. The first-order chi connectivity index (χ1) is 9.22. The normalized spacial score (nSPS) is 10.5. The van der Waals surface area contributed by atoms with Gasteiger partial charge in [-0.2, -0.15) is 0 Å². The molecule has 0 bridgehead atoms. The second kappa shape index (κ2) is 6.31. The van der Waals surface area contributed by atoms with Crippen molar-refractivity contribution in [3.63, 3.8) is 0 Å². The first kappa shape index (κ1) is 13.5. The lowest BCUT2D eigenvalue weighted by atomic mass is 10.1. The highest BCUT2D eigenvalue weighted by molar-refractivity contribution is 5.33. The monoisotopic (exact) mass is 262 g/mol. The summed E-state index contributed by atoms with van der Waals surface area (Å²) in [5, 5.41) is 18.1. The molecule has 100 valence electrons. The van der Waals surface area contributed by atoms with Gasteiger partial charge in [0.25, 0.3) is 0 Å². The van der Waals surface area contributed by atoms with Crippen molar-refractivity contribution in [2.75, 3.05) is 0 Å². The zero-order chi connectivity index (χ0) is 13.7. The molecule has 0 saturated heterocycles. The third kappa shape index (κ3) is 3.53. The lowest BCUT2D eigenvalue weighted by Crippen LogP contribution is -1.99. The number of aliphatic hydroxyl groups excluding tert-OH is 2. The minimum absolute atomic E-state index is 0.00770. The molecule has 0 amide bonds. The van der Waals surface area contributed by atoms with Crippen LogP contribution in [0.25, 0.3) is 0 Å². The number of hydrogen-bond donors (Lipinski definition) is 2. The number of hydrogen-bond acceptors (Lipinski definition) is 3. The zero-order valence-electron chi connectivity index (χ0n) is 10.3. The third-order valence-corrected chi connectivity index (χ3v) is 2.79. The van der Waals surface area contributed by atoms with Crippen LogP contribution in [0.15, 0.2) is 42.5 Å². The maximum absolute atomic E-state index is 13.0. The molecule has 0 spiro atoms. The molecule has 2 rings (SSSR count). The zero-order valence-corrected chi connectivity index (χ0v) is 10.3. The molecule has 0 aliphatic heterocycles. The summed E-state index contributed by atoms with van der Waals surface area (Å²) in [6, 6.07) is 11.4. The Morgan fingerprint density at radius 1 is 0.895 bits per heavy atom. The van der Waals surface area contributed by atoms with Crippen LogP contribution >= 0.6 is 0 Å². The molecule has 0 atom stereocenters. The molecule has 4 heteroatoms. The third-order valence-electron chi connectivity index (χ3n) is 2.79. The minimum atomic E-state index is -0.399. The Kier molecular flexibility index (Phi) is 4.49. The maximum Gasteiger partial charge on any atom is 0.125 e. The summed E-state index contributed by atoms with van der Waals surface area (Å²) < 4.78 is 18.5. The first-order valence-electron chi connectivity index (χ1n) is 5.93. The van der Waals surface area contributed by atoms with E-state index in [1.807, 2.05) is 24.3 Å². The van der Waals surface area contributed by atoms with Crippen molar-refractivity contribution >= 4 is 0 Å². The van der Waals surface area contributed by atoms with Gasteiger partial charge < -0.3 is 14.9 Å². The number of ether oxygens (including phenoxy) is 1. The number of rotatable bonds is 5. The maximum atomic E-state index is 13.0. The fourth-order valence-corrected chi connectivity index (χ4v) is 1.71. The Balaban J connectivity index is 2.05. The molecule has 0 radical (unpaired) electrons. The van der Waals surface area contributed by atoms with Crippen molar-refractivity contribution in [2.24, 2.45) is 0 Å². The smallest absolute Gasteiger partial charge is 0.125 e. The molecule has 0 saturated carbocycles. The molecule has 3 nitrogen and oxygen atoms in total. The van der Waals surface area contributed by atoms with Crippen molar-refractivity contribution in [1.82, 2.24) is 0 Å². The van der Waals surface area contributed by atoms with Gasteiger partial charge in [-0.05, 0) is 29.3 Å². The summed E-state index contributed by atoms with van der Waals surface area (Å²) in [6.45, 7) is 0.0641. The summed E-state index contributed by atoms with van der Waals surface area (Å²) in [5.74, 6) is 0.0684. The van der Waals surface area contributed by atoms with E-state index in [1.165, 1.54) is 18.2 Å². The van der Waals surface area contributed by atoms with Gasteiger partial charge in [0.2, 0.25) is 0 Å². The molecule has 0 unspecified atom stereocenters. The standard InChI is InChI=1S/C15H15FO3/c16-14-5-6-15(13(7-14)9-18)19-10-12-3-1-11(8-17)2-4-12/h1-7,17-18H,8-10H2. The largest absolute Gasteiger partial charge is 0.489 e. The number of benzene rings is 2. The average molecular weight is 262 g/mol. The van der Waals surface area contributed by atoms with Gasteiger partial charge in [-0.3, -0.25) is 0 Å². The fraction of sp³-hybridized carbons (Fsp3) is 0.200. The molecule has 0 fully saturated rings. The molecule has 0 aliphatic carbocycles. The van der Waals surface area contributed by atoms with E-state index in [2.05, 4.69) is 0 Å². The fourth-order valence-electron chi connectivity index (χ4n) is 1.71. The Labute approximate surface area is 110 Å². The second-order valence-electron chi connectivity index (χ2n) is 4.17. The highest BCUT2D eigenvalue weighted by Gasteiger charge is 2.05. The Bertz CT molecular complexity index is 538. The van der Waals surface area contributed by atoms with Gasteiger partial charge in [-0.15, -0.1) is 0 Å². The van der Waals surface area contributed by atoms with E-state index in [1.54, 1.807) is 0 Å². The predicted octanol–water partition coefficient (Wildman–Crippen LogP) is 2.39. The van der Waals surface area contributed by atoms with Crippen LogP contribution in [-0.4, -0.2) is 10.2 Å². The number of aliphatic hydroxyl groups is 2. The van der Waals surface area contributed by atoms with Crippen LogP contribution in [0.1, 0.15) is 16.7 Å². The van der Waals surface area contributed by atoms with Crippen molar-refractivity contribution in [2.45, 2.75) is 19.8 Å². The van der Waals surface area contributed by atoms with Crippen molar-refractivity contribution in [1.29, 1.82) is 0 Å². The van der Waals surface area contributed by atoms with Crippen LogP contribution in [0.3, 0.4) is 0 Å². The van der Waals surface area contributed by atoms with Crippen LogP contribution < -0.4 is 4.74 Å². The van der Waals surface area contributed by atoms with Gasteiger partial charge in [-0.25, -0.2) is 4.39 Å². The number of halogens is 1. The van der Waals surface area contributed by atoms with Gasteiger partial charge in [0.1, 0.15) is 18.2 Å². The van der Waals surface area contributed by atoms with E-state index in [4.69, 9.17) is 14.9 Å². The van der Waals surface area contributed by atoms with Crippen molar-refractivity contribution in [3.8, 4) is 5.75 Å². The Morgan fingerprint density at radius 3 is 2.21 bits per heavy atom. The van der Waals surface area contributed by atoms with Crippen LogP contribution in [0.5, 0.6) is 5.75 Å². The molecule has 2 aromatic carbocycles. The molecular weight excluding hydrogens is 247 g/mol. The summed E-state index contributed by atoms with van der Waals surface area (Å²) in [6.07, 6.45) is 0. The molecular formula is C15H15FO3. The summed E-state index contributed by atoms with van der Waals surface area (Å²) >= 11 is 0. The lowest BCUT2D eigenvalue weighted by molar-refractivity contribution is 0.258. The summed E-state index contributed by atoms with van der Waals surface area (Å²) in [4.78, 5) is 0. The van der Waals surface area contributed by atoms with Gasteiger partial charge in [0.15, 0.2) is 0 Å². The predicted molar refractivity (Wildman–Crippen MR) is 69.0 cm³/mol. The quantitative estimate of drug-likeness (QED) is 0.869. The van der Waals surface area contributed by atoms with Gasteiger partial charge >= 0.3 is 0 Å². The van der Waals surface area contributed by atoms with E-state index >= 15 is 0 Å². The summed E-state index contributed by atoms with van der Waals surface area (Å²) in [7, 11) is 0. The minimum Gasteiger partial charge on any atom is -0.489 e. The first-order valence-corrected chi connectivity index (χ1v) is 5.93. The lowest BCUT2D eigenvalue weighted by Gasteiger charge is -2.10. The van der Waals surface area contributed by atoms with Crippen LogP contribution in [0.4, 0.5) is 4.39 Å². The van der Waals surface area contributed by atoms with E-state index in [9.17, 15) is 4.39 Å². The van der Waals surface area contributed by atoms with Crippen LogP contribution in [-0.2, 0) is 19.8 Å². The SMILES string of the molecule is OCc1ccc(COc2ccc(F)cc2CO)cc1. The Hall–Kier alpha value is -1.91. The van der Waals surface area contributed by atoms with Crippen LogP contribution in [0.2, 0.25) is 0 Å². The molecule has 0 aromatic heterocycles. The van der Waals surface area contributed by atoms with E-state index < -0.39 is 5.82 Å². The second-order valence-corrected chi connectivity index (χ2v) is 4.17. The molecule has 2 aromatic rings. The average Bonchev–Trinajstić information content (AvgIpc) is 2.46. The topological polar surface area (TPSA) is 49.7 Å². The molecule has 2 N–H and O–H groups in total.